The second kappa shape index (κ2) is 10.2. The van der Waals surface area contributed by atoms with E-state index in [1.54, 1.807) is 6.07 Å². The molecule has 0 heterocycles. The number of Topliss-reactive ketones (excluding diaryl/α,β-unsaturated/α-hetero) is 1. The summed E-state index contributed by atoms with van der Waals surface area (Å²) in [5.74, 6) is -1.75. The summed E-state index contributed by atoms with van der Waals surface area (Å²) in [4.78, 5) is 12.8. The summed E-state index contributed by atoms with van der Waals surface area (Å²) in [5.41, 5.74) is 3.11. The number of phenols is 4. The molecule has 5 N–H and O–H groups in total. The van der Waals surface area contributed by atoms with Crippen molar-refractivity contribution in [2.75, 3.05) is 0 Å². The number of carbonyl (C=O) groups is 1. The highest BCUT2D eigenvalue weighted by Gasteiger charge is 2.24. The number of hydrogen-bond acceptors (Lipinski definition) is 6. The van der Waals surface area contributed by atoms with Gasteiger partial charge < -0.3 is 25.5 Å². The quantitative estimate of drug-likeness (QED) is 0.244. The SMILES string of the molecule is CC(C)=CCc1cc(C[C@@H](O)C(=O)c2ccc(O)c(CC=C(C)C)c2O)cc(O)c1O. The zero-order chi connectivity index (χ0) is 23.3. The molecule has 1 atom stereocenters. The highest BCUT2D eigenvalue weighted by atomic mass is 16.3. The summed E-state index contributed by atoms with van der Waals surface area (Å²) >= 11 is 0. The number of ketones is 1. The number of phenolic OH excluding ortho intramolecular Hbond substituents is 4. The van der Waals surface area contributed by atoms with Gasteiger partial charge >= 0.3 is 0 Å². The van der Waals surface area contributed by atoms with Crippen molar-refractivity contribution in [3.63, 3.8) is 0 Å². The first-order valence-electron chi connectivity index (χ1n) is 10.1. The Kier molecular flexibility index (Phi) is 7.89. The molecule has 6 heteroatoms. The molecule has 0 radical (unpaired) electrons. The van der Waals surface area contributed by atoms with Crippen LogP contribution in [0.3, 0.4) is 0 Å². The van der Waals surface area contributed by atoms with Crippen LogP contribution in [0.2, 0.25) is 0 Å². The van der Waals surface area contributed by atoms with E-state index in [1.807, 2.05) is 39.8 Å². The predicted octanol–water partition coefficient (Wildman–Crippen LogP) is 4.31. The van der Waals surface area contributed by atoms with Crippen molar-refractivity contribution < 1.29 is 30.3 Å². The van der Waals surface area contributed by atoms with Crippen LogP contribution in [-0.2, 0) is 19.3 Å². The molecule has 0 fully saturated rings. The van der Waals surface area contributed by atoms with Crippen LogP contribution in [0.5, 0.6) is 23.0 Å². The topological polar surface area (TPSA) is 118 Å². The molecule has 0 saturated carbocycles. The minimum absolute atomic E-state index is 0.0878. The van der Waals surface area contributed by atoms with E-state index in [9.17, 15) is 30.3 Å². The number of rotatable bonds is 8. The van der Waals surface area contributed by atoms with Gasteiger partial charge in [0, 0.05) is 17.5 Å². The Morgan fingerprint density at radius 2 is 1.48 bits per heavy atom. The largest absolute Gasteiger partial charge is 0.508 e. The Labute approximate surface area is 182 Å². The third-order valence-corrected chi connectivity index (χ3v) is 4.93. The molecule has 6 nitrogen and oxygen atoms in total. The fourth-order valence-electron chi connectivity index (χ4n) is 3.16. The van der Waals surface area contributed by atoms with E-state index in [2.05, 4.69) is 0 Å². The molecule has 166 valence electrons. The Morgan fingerprint density at radius 1 is 0.871 bits per heavy atom. The van der Waals surface area contributed by atoms with E-state index in [4.69, 9.17) is 0 Å². The molecule has 0 bridgehead atoms. The van der Waals surface area contributed by atoms with E-state index >= 15 is 0 Å². The molecular weight excluding hydrogens is 396 g/mol. The average Bonchev–Trinajstić information content (AvgIpc) is 2.68. The molecule has 2 aromatic carbocycles. The third-order valence-electron chi connectivity index (χ3n) is 4.93. The Bertz CT molecular complexity index is 1020. The second-order valence-electron chi connectivity index (χ2n) is 8.14. The maximum Gasteiger partial charge on any atom is 0.195 e. The van der Waals surface area contributed by atoms with Gasteiger partial charge in [-0.1, -0.05) is 29.4 Å². The van der Waals surface area contributed by atoms with Gasteiger partial charge in [0.15, 0.2) is 17.3 Å². The predicted molar refractivity (Wildman–Crippen MR) is 120 cm³/mol. The van der Waals surface area contributed by atoms with Gasteiger partial charge in [0.1, 0.15) is 17.6 Å². The van der Waals surface area contributed by atoms with Crippen LogP contribution < -0.4 is 0 Å². The Morgan fingerprint density at radius 3 is 2.10 bits per heavy atom. The van der Waals surface area contributed by atoms with Gasteiger partial charge in [-0.2, -0.15) is 0 Å². The maximum atomic E-state index is 12.8. The molecule has 0 aliphatic rings. The van der Waals surface area contributed by atoms with Crippen LogP contribution >= 0.6 is 0 Å². The van der Waals surface area contributed by atoms with Crippen molar-refractivity contribution in [3.05, 3.63) is 69.8 Å². The molecule has 0 spiro atoms. The van der Waals surface area contributed by atoms with E-state index in [-0.39, 0.29) is 47.0 Å². The van der Waals surface area contributed by atoms with Gasteiger partial charge in [-0.05, 0) is 64.3 Å². The third kappa shape index (κ3) is 6.12. The van der Waals surface area contributed by atoms with Gasteiger partial charge in [0.2, 0.25) is 0 Å². The zero-order valence-corrected chi connectivity index (χ0v) is 18.3. The summed E-state index contributed by atoms with van der Waals surface area (Å²) in [5, 5.41) is 51.1. The van der Waals surface area contributed by atoms with Crippen molar-refractivity contribution in [2.24, 2.45) is 0 Å². The van der Waals surface area contributed by atoms with Crippen LogP contribution in [0.1, 0.15) is 54.7 Å². The van der Waals surface area contributed by atoms with Crippen LogP contribution in [-0.4, -0.2) is 37.4 Å². The smallest absolute Gasteiger partial charge is 0.195 e. The van der Waals surface area contributed by atoms with Gasteiger partial charge in [-0.15, -0.1) is 0 Å². The summed E-state index contributed by atoms with van der Waals surface area (Å²) in [6.07, 6.45) is 2.75. The van der Waals surface area contributed by atoms with Crippen molar-refractivity contribution >= 4 is 5.78 Å². The zero-order valence-electron chi connectivity index (χ0n) is 18.3. The normalized spacial score (nSPS) is 11.6. The van der Waals surface area contributed by atoms with Crippen molar-refractivity contribution in [2.45, 2.75) is 53.1 Å². The minimum atomic E-state index is -1.48. The fraction of sp³-hybridized carbons (Fsp3) is 0.320. The molecule has 0 unspecified atom stereocenters. The van der Waals surface area contributed by atoms with Gasteiger partial charge in [0.25, 0.3) is 0 Å². The lowest BCUT2D eigenvalue weighted by atomic mass is 9.94. The molecule has 31 heavy (non-hydrogen) atoms. The molecule has 0 saturated heterocycles. The lowest BCUT2D eigenvalue weighted by Gasteiger charge is -2.15. The van der Waals surface area contributed by atoms with Crippen molar-refractivity contribution in [1.29, 1.82) is 0 Å². The van der Waals surface area contributed by atoms with E-state index in [0.29, 0.717) is 17.5 Å². The summed E-state index contributed by atoms with van der Waals surface area (Å²) in [6.45, 7) is 7.59. The Balaban J connectivity index is 2.30. The number of aliphatic hydroxyl groups excluding tert-OH is 1. The van der Waals surface area contributed by atoms with E-state index in [0.717, 1.165) is 11.1 Å². The van der Waals surface area contributed by atoms with E-state index < -0.39 is 11.9 Å². The second-order valence-corrected chi connectivity index (χ2v) is 8.14. The highest BCUT2D eigenvalue weighted by Crippen LogP contribution is 2.34. The van der Waals surface area contributed by atoms with Crippen molar-refractivity contribution in [1.82, 2.24) is 0 Å². The van der Waals surface area contributed by atoms with Gasteiger partial charge in [0.05, 0.1) is 5.56 Å². The molecule has 2 rings (SSSR count). The number of benzene rings is 2. The number of carbonyl (C=O) groups excluding carboxylic acids is 1. The van der Waals surface area contributed by atoms with E-state index in [1.165, 1.54) is 18.2 Å². The van der Waals surface area contributed by atoms with Crippen LogP contribution in [0, 0.1) is 0 Å². The number of allylic oxidation sites excluding steroid dienone is 4. The van der Waals surface area contributed by atoms with Gasteiger partial charge in [-0.3, -0.25) is 4.79 Å². The first-order valence-corrected chi connectivity index (χ1v) is 10.1. The summed E-state index contributed by atoms with van der Waals surface area (Å²) < 4.78 is 0. The van der Waals surface area contributed by atoms with Gasteiger partial charge in [-0.25, -0.2) is 0 Å². The number of hydrogen-bond donors (Lipinski definition) is 5. The Hall–Kier alpha value is -3.25. The number of aliphatic hydroxyl groups is 1. The van der Waals surface area contributed by atoms with Crippen LogP contribution in [0.25, 0.3) is 0 Å². The standard InChI is InChI=1S/C25H30O6/c1-14(2)5-7-17-11-16(12-21(27)23(17)29)13-22(28)25(31)19-9-10-20(26)18(24(19)30)8-6-15(3)4/h5-6,9-12,22,26-30H,7-8,13H2,1-4H3/t22-/m1/s1. The average molecular weight is 427 g/mol. The highest BCUT2D eigenvalue weighted by molar-refractivity contribution is 6.02. The molecule has 0 aliphatic heterocycles. The van der Waals surface area contributed by atoms with Crippen LogP contribution in [0.4, 0.5) is 0 Å². The molecule has 2 aromatic rings. The fourth-order valence-corrected chi connectivity index (χ4v) is 3.16. The first kappa shape index (κ1) is 24.0. The summed E-state index contributed by atoms with van der Waals surface area (Å²) in [7, 11) is 0. The monoisotopic (exact) mass is 426 g/mol. The minimum Gasteiger partial charge on any atom is -0.508 e. The first-order chi connectivity index (χ1) is 14.5. The molecule has 0 aliphatic carbocycles. The molecule has 0 aromatic heterocycles. The number of aromatic hydroxyl groups is 4. The summed E-state index contributed by atoms with van der Waals surface area (Å²) in [6, 6.07) is 5.52. The van der Waals surface area contributed by atoms with Crippen LogP contribution in [0.15, 0.2) is 47.6 Å². The maximum absolute atomic E-state index is 12.8. The molecular formula is C25H30O6. The molecule has 0 amide bonds. The lowest BCUT2D eigenvalue weighted by Crippen LogP contribution is -2.23. The van der Waals surface area contributed by atoms with Crippen molar-refractivity contribution in [3.8, 4) is 23.0 Å². The lowest BCUT2D eigenvalue weighted by molar-refractivity contribution is 0.0744.